The number of amides is 2. The first kappa shape index (κ1) is 26.0. The molecule has 1 heterocycles. The molecule has 0 saturated heterocycles. The Kier molecular flexibility index (Phi) is 6.95. The summed E-state index contributed by atoms with van der Waals surface area (Å²) in [6.07, 6.45) is 9.59. The van der Waals surface area contributed by atoms with Crippen molar-refractivity contribution in [3.8, 4) is 0 Å². The summed E-state index contributed by atoms with van der Waals surface area (Å²) in [5.41, 5.74) is 2.31. The van der Waals surface area contributed by atoms with E-state index < -0.39 is 0 Å². The van der Waals surface area contributed by atoms with Crippen LogP contribution in [0, 0.1) is 30.1 Å². The number of nitrogens with zero attached hydrogens (tertiary/aromatic N) is 3. The highest BCUT2D eigenvalue weighted by molar-refractivity contribution is 5.94. The van der Waals surface area contributed by atoms with Crippen molar-refractivity contribution >= 4 is 29.3 Å². The van der Waals surface area contributed by atoms with E-state index in [4.69, 9.17) is 4.98 Å². The molecule has 1 aromatic carbocycles. The van der Waals surface area contributed by atoms with Gasteiger partial charge in [-0.15, -0.1) is 0 Å². The highest BCUT2D eigenvalue weighted by Gasteiger charge is 2.58. The third-order valence-electron chi connectivity index (χ3n) is 9.19. The van der Waals surface area contributed by atoms with Crippen molar-refractivity contribution in [2.75, 3.05) is 37.8 Å². The lowest BCUT2D eigenvalue weighted by Crippen LogP contribution is -2.60. The van der Waals surface area contributed by atoms with E-state index in [1.165, 1.54) is 12.8 Å². The van der Waals surface area contributed by atoms with Gasteiger partial charge in [-0.05, 0) is 108 Å². The van der Waals surface area contributed by atoms with Crippen LogP contribution in [0.3, 0.4) is 0 Å². The number of hydrogen-bond acceptors (Lipinski definition) is 7. The summed E-state index contributed by atoms with van der Waals surface area (Å²) in [6, 6.07) is 8.14. The second-order valence-corrected chi connectivity index (χ2v) is 12.7. The molecule has 2 atom stereocenters. The summed E-state index contributed by atoms with van der Waals surface area (Å²) in [5.74, 6) is 3.31. The second kappa shape index (κ2) is 10.4. The summed E-state index contributed by atoms with van der Waals surface area (Å²) in [7, 11) is 3.96. The SMILES string of the molecule is Cc1cnc(Nc2ccc(C(=O)NCCN(C)C)cc2)nc1N[C@H]1C2CC3CC1C[C@@](C(=O)NC1CC1)(C3)C2. The Labute approximate surface area is 230 Å². The van der Waals surface area contributed by atoms with Crippen LogP contribution in [0.2, 0.25) is 0 Å². The van der Waals surface area contributed by atoms with E-state index in [1.807, 2.05) is 56.4 Å². The van der Waals surface area contributed by atoms with Gasteiger partial charge >= 0.3 is 0 Å². The largest absolute Gasteiger partial charge is 0.366 e. The Hall–Kier alpha value is -3.20. The molecule has 9 nitrogen and oxygen atoms in total. The third kappa shape index (κ3) is 5.60. The quantitative estimate of drug-likeness (QED) is 0.370. The van der Waals surface area contributed by atoms with E-state index in [9.17, 15) is 9.59 Å². The first-order chi connectivity index (χ1) is 18.8. The van der Waals surface area contributed by atoms with E-state index in [0.29, 0.717) is 53.8 Å². The lowest BCUT2D eigenvalue weighted by molar-refractivity contribution is -0.147. The molecule has 0 aliphatic heterocycles. The molecule has 1 aromatic heterocycles. The Bertz CT molecular complexity index is 1210. The minimum Gasteiger partial charge on any atom is -0.366 e. The van der Waals surface area contributed by atoms with Crippen LogP contribution in [-0.4, -0.2) is 66.0 Å². The first-order valence-electron chi connectivity index (χ1n) is 14.5. The molecular weight excluding hydrogens is 490 g/mol. The Morgan fingerprint density at radius 1 is 1.05 bits per heavy atom. The van der Waals surface area contributed by atoms with E-state index in [-0.39, 0.29) is 11.3 Å². The standard InChI is InChI=1S/C30H41N7O2/c1-18-17-32-29(34-24-6-4-20(5-7-24)27(38)31-10-11-37(2)3)36-26(18)35-25-21-12-19-13-22(25)16-30(14-19,15-21)28(39)33-23-8-9-23/h4-7,17,19,21-23,25H,8-16H2,1-3H3,(H,31,38)(H,33,39)(H2,32,34,35,36)/t19?,21?,22?,25-,30+. The van der Waals surface area contributed by atoms with Crippen molar-refractivity contribution < 1.29 is 9.59 Å². The molecule has 2 amide bonds. The molecule has 39 heavy (non-hydrogen) atoms. The van der Waals surface area contributed by atoms with Crippen molar-refractivity contribution in [3.63, 3.8) is 0 Å². The van der Waals surface area contributed by atoms with Crippen LogP contribution < -0.4 is 21.3 Å². The average molecular weight is 532 g/mol. The van der Waals surface area contributed by atoms with Crippen molar-refractivity contribution in [3.05, 3.63) is 41.6 Å². The van der Waals surface area contributed by atoms with Crippen LogP contribution in [-0.2, 0) is 4.79 Å². The monoisotopic (exact) mass is 531 g/mol. The number of hydrogen-bond donors (Lipinski definition) is 4. The van der Waals surface area contributed by atoms with Gasteiger partial charge in [0.1, 0.15) is 5.82 Å². The van der Waals surface area contributed by atoms with Crippen molar-refractivity contribution in [2.24, 2.45) is 23.2 Å². The molecule has 5 saturated carbocycles. The fourth-order valence-electron chi connectivity index (χ4n) is 7.24. The molecule has 5 aliphatic carbocycles. The minimum atomic E-state index is -0.153. The molecule has 208 valence electrons. The Morgan fingerprint density at radius 2 is 1.77 bits per heavy atom. The number of benzene rings is 1. The highest BCUT2D eigenvalue weighted by Crippen LogP contribution is 2.60. The van der Waals surface area contributed by atoms with E-state index in [0.717, 1.165) is 55.7 Å². The van der Waals surface area contributed by atoms with Crippen molar-refractivity contribution in [1.82, 2.24) is 25.5 Å². The third-order valence-corrected chi connectivity index (χ3v) is 9.19. The normalized spacial score (nSPS) is 28.8. The lowest BCUT2D eigenvalue weighted by atomic mass is 9.47. The average Bonchev–Trinajstić information content (AvgIpc) is 3.72. The summed E-state index contributed by atoms with van der Waals surface area (Å²) in [6.45, 7) is 3.44. The maximum atomic E-state index is 13.2. The predicted octanol–water partition coefficient (Wildman–Crippen LogP) is 3.71. The molecule has 7 rings (SSSR count). The van der Waals surface area contributed by atoms with Crippen LogP contribution in [0.15, 0.2) is 30.5 Å². The first-order valence-corrected chi connectivity index (χ1v) is 14.5. The van der Waals surface area contributed by atoms with E-state index in [1.54, 1.807) is 0 Å². The fourth-order valence-corrected chi connectivity index (χ4v) is 7.24. The van der Waals surface area contributed by atoms with Gasteiger partial charge in [-0.3, -0.25) is 9.59 Å². The van der Waals surface area contributed by atoms with Gasteiger partial charge in [0.05, 0.1) is 5.41 Å². The molecule has 0 spiro atoms. The molecule has 9 heteroatoms. The van der Waals surface area contributed by atoms with E-state index >= 15 is 0 Å². The summed E-state index contributed by atoms with van der Waals surface area (Å²) in [5, 5.41) is 13.4. The van der Waals surface area contributed by atoms with Gasteiger partial charge in [0, 0.05) is 48.2 Å². The molecule has 0 radical (unpaired) electrons. The van der Waals surface area contributed by atoms with Crippen LogP contribution in [0.25, 0.3) is 0 Å². The van der Waals surface area contributed by atoms with Crippen LogP contribution in [0.1, 0.15) is 60.9 Å². The minimum absolute atomic E-state index is 0.0797. The molecule has 4 bridgehead atoms. The number of likely N-dealkylation sites (N-methyl/N-ethyl adjacent to an activating group) is 1. The van der Waals surface area contributed by atoms with Gasteiger partial charge in [-0.25, -0.2) is 4.98 Å². The van der Waals surface area contributed by atoms with E-state index in [2.05, 4.69) is 26.3 Å². The number of rotatable bonds is 10. The summed E-state index contributed by atoms with van der Waals surface area (Å²) < 4.78 is 0. The molecule has 5 aliphatic rings. The number of carbonyl (C=O) groups is 2. The number of aryl methyl sites for hydroxylation is 1. The molecule has 2 aromatic rings. The Morgan fingerprint density at radius 3 is 2.44 bits per heavy atom. The van der Waals surface area contributed by atoms with Gasteiger partial charge in [-0.1, -0.05) is 0 Å². The van der Waals surface area contributed by atoms with Gasteiger partial charge in [0.25, 0.3) is 5.91 Å². The zero-order chi connectivity index (χ0) is 27.1. The van der Waals surface area contributed by atoms with Gasteiger partial charge < -0.3 is 26.2 Å². The number of nitrogens with one attached hydrogen (secondary N) is 4. The predicted molar refractivity (Wildman–Crippen MR) is 152 cm³/mol. The summed E-state index contributed by atoms with van der Waals surface area (Å²) >= 11 is 0. The Balaban J connectivity index is 1.10. The molecular formula is C30H41N7O2. The summed E-state index contributed by atoms with van der Waals surface area (Å²) in [4.78, 5) is 37.0. The fraction of sp³-hybridized carbons (Fsp3) is 0.600. The smallest absolute Gasteiger partial charge is 0.251 e. The van der Waals surface area contributed by atoms with Crippen LogP contribution in [0.5, 0.6) is 0 Å². The van der Waals surface area contributed by atoms with Gasteiger partial charge in [0.2, 0.25) is 11.9 Å². The number of aromatic nitrogens is 2. The molecule has 4 N–H and O–H groups in total. The lowest BCUT2D eigenvalue weighted by Gasteiger charge is -2.59. The second-order valence-electron chi connectivity index (χ2n) is 12.7. The topological polar surface area (TPSA) is 111 Å². The van der Waals surface area contributed by atoms with Crippen LogP contribution >= 0.6 is 0 Å². The van der Waals surface area contributed by atoms with Crippen molar-refractivity contribution in [1.29, 1.82) is 0 Å². The molecule has 2 unspecified atom stereocenters. The van der Waals surface area contributed by atoms with Crippen LogP contribution in [0.4, 0.5) is 17.5 Å². The maximum absolute atomic E-state index is 13.2. The maximum Gasteiger partial charge on any atom is 0.251 e. The van der Waals surface area contributed by atoms with Gasteiger partial charge in [-0.2, -0.15) is 4.98 Å². The van der Waals surface area contributed by atoms with Crippen molar-refractivity contribution in [2.45, 2.75) is 64.0 Å². The highest BCUT2D eigenvalue weighted by atomic mass is 16.2. The number of carbonyl (C=O) groups excluding carboxylic acids is 2. The zero-order valence-corrected chi connectivity index (χ0v) is 23.3. The van der Waals surface area contributed by atoms with Gasteiger partial charge in [0.15, 0.2) is 0 Å². The zero-order valence-electron chi connectivity index (χ0n) is 23.3. The molecule has 5 fully saturated rings. The number of anilines is 3.